The van der Waals surface area contributed by atoms with E-state index >= 15 is 0 Å². The summed E-state index contributed by atoms with van der Waals surface area (Å²) in [4.78, 5) is 18.1. The van der Waals surface area contributed by atoms with Crippen molar-refractivity contribution in [1.82, 2.24) is 4.90 Å². The zero-order chi connectivity index (χ0) is 14.0. The van der Waals surface area contributed by atoms with E-state index < -0.39 is 0 Å². The molecular formula is C15H21N3O. The number of ketones is 1. The molecule has 2 aliphatic carbocycles. The maximum atomic E-state index is 11.3. The van der Waals surface area contributed by atoms with Crippen LogP contribution in [0.2, 0.25) is 0 Å². The highest BCUT2D eigenvalue weighted by molar-refractivity contribution is 6.18. The lowest BCUT2D eigenvalue weighted by molar-refractivity contribution is -0.111. The van der Waals surface area contributed by atoms with Gasteiger partial charge in [-0.2, -0.15) is 0 Å². The number of carbonyl (C=O) groups is 1. The molecule has 0 amide bonds. The van der Waals surface area contributed by atoms with E-state index in [9.17, 15) is 4.79 Å². The molecule has 4 heteroatoms. The molecule has 2 aliphatic rings. The molecule has 2 radical (unpaired) electrons. The Morgan fingerprint density at radius 3 is 2.63 bits per heavy atom. The first kappa shape index (κ1) is 14.0. The van der Waals surface area contributed by atoms with Crippen LogP contribution in [0, 0.1) is 18.0 Å². The molecule has 0 aliphatic heterocycles. The number of hydrogen-bond donors (Lipinski definition) is 1. The summed E-state index contributed by atoms with van der Waals surface area (Å²) in [6, 6.07) is 2.67. The first-order valence-corrected chi connectivity index (χ1v) is 6.63. The topological polar surface area (TPSA) is 58.7 Å². The van der Waals surface area contributed by atoms with Gasteiger partial charge in [0.05, 0.1) is 17.5 Å². The van der Waals surface area contributed by atoms with Crippen LogP contribution >= 0.6 is 0 Å². The molecule has 0 spiro atoms. The fourth-order valence-corrected chi connectivity index (χ4v) is 2.44. The third kappa shape index (κ3) is 3.32. The Morgan fingerprint density at radius 2 is 2.05 bits per heavy atom. The van der Waals surface area contributed by atoms with E-state index in [2.05, 4.69) is 30.9 Å². The van der Waals surface area contributed by atoms with Crippen LogP contribution < -0.4 is 5.73 Å². The van der Waals surface area contributed by atoms with Gasteiger partial charge < -0.3 is 10.6 Å². The molecule has 2 rings (SSSR count). The molecule has 0 aromatic rings. The smallest absolute Gasteiger partial charge is 0.201 e. The maximum Gasteiger partial charge on any atom is 0.201 e. The second-order valence-electron chi connectivity index (χ2n) is 5.39. The quantitative estimate of drug-likeness (QED) is 0.770. The zero-order valence-electron chi connectivity index (χ0n) is 11.8. The lowest BCUT2D eigenvalue weighted by Crippen LogP contribution is -2.28. The summed E-state index contributed by atoms with van der Waals surface area (Å²) in [7, 11) is 4.19. The number of hydrogen-bond acceptors (Lipinski definition) is 4. The molecule has 4 nitrogen and oxygen atoms in total. The van der Waals surface area contributed by atoms with E-state index in [1.165, 1.54) is 18.2 Å². The van der Waals surface area contributed by atoms with Gasteiger partial charge in [-0.05, 0) is 57.5 Å². The second kappa shape index (κ2) is 5.70. The monoisotopic (exact) mass is 259 g/mol. The number of nitrogens with zero attached hydrogens (tertiary/aromatic N) is 2. The molecule has 2 N–H and O–H groups in total. The van der Waals surface area contributed by atoms with Gasteiger partial charge in [-0.1, -0.05) is 6.92 Å². The molecule has 1 fully saturated rings. The predicted octanol–water partition coefficient (Wildman–Crippen LogP) is 1.85. The minimum Gasteiger partial charge on any atom is -0.396 e. The molecule has 1 atom stereocenters. The van der Waals surface area contributed by atoms with Crippen molar-refractivity contribution in [1.29, 1.82) is 0 Å². The van der Waals surface area contributed by atoms with Crippen molar-refractivity contribution in [2.75, 3.05) is 14.1 Å². The number of carbonyl (C=O) groups excluding carboxylic acids is 1. The van der Waals surface area contributed by atoms with Crippen LogP contribution in [-0.2, 0) is 4.79 Å². The molecule has 102 valence electrons. The summed E-state index contributed by atoms with van der Waals surface area (Å²) >= 11 is 0. The third-order valence-corrected chi connectivity index (χ3v) is 3.68. The van der Waals surface area contributed by atoms with Gasteiger partial charge in [0.2, 0.25) is 5.78 Å². The molecule has 0 aromatic heterocycles. The van der Waals surface area contributed by atoms with Crippen molar-refractivity contribution in [3.05, 3.63) is 36.0 Å². The SMILES string of the molecule is CC1C[C](N(C)C)CC[C]1N=C1C=CC(=O)C(N)=C1. The Bertz CT molecular complexity index is 448. The van der Waals surface area contributed by atoms with Crippen molar-refractivity contribution in [3.63, 3.8) is 0 Å². The largest absolute Gasteiger partial charge is 0.396 e. The lowest BCUT2D eigenvalue weighted by Gasteiger charge is -2.34. The number of rotatable bonds is 2. The number of nitrogens with two attached hydrogens (primary N) is 1. The summed E-state index contributed by atoms with van der Waals surface area (Å²) < 4.78 is 0. The van der Waals surface area contributed by atoms with Crippen LogP contribution in [0.25, 0.3) is 0 Å². The average molecular weight is 259 g/mol. The van der Waals surface area contributed by atoms with E-state index in [1.54, 1.807) is 12.2 Å². The number of allylic oxidation sites excluding steroid dienone is 3. The van der Waals surface area contributed by atoms with Gasteiger partial charge in [0, 0.05) is 6.04 Å². The summed E-state index contributed by atoms with van der Waals surface area (Å²) in [6.07, 6.45) is 7.98. The Labute approximate surface area is 115 Å². The molecule has 0 aromatic carbocycles. The standard InChI is InChI=1S/C15H21N3O/c1-10-8-12(18(2)3)5-6-14(10)17-11-4-7-15(19)13(16)9-11/h4,7,9-10H,5-6,8,16H2,1-3H3. The van der Waals surface area contributed by atoms with E-state index in [0.717, 1.165) is 25.0 Å². The average Bonchev–Trinajstić information content (AvgIpc) is 2.36. The van der Waals surface area contributed by atoms with Crippen molar-refractivity contribution < 1.29 is 4.79 Å². The molecule has 19 heavy (non-hydrogen) atoms. The van der Waals surface area contributed by atoms with Gasteiger partial charge >= 0.3 is 0 Å². The Hall–Kier alpha value is -1.42. The van der Waals surface area contributed by atoms with Crippen LogP contribution in [0.3, 0.4) is 0 Å². The van der Waals surface area contributed by atoms with Crippen LogP contribution in [0.1, 0.15) is 26.2 Å². The van der Waals surface area contributed by atoms with E-state index in [1.807, 2.05) is 0 Å². The van der Waals surface area contributed by atoms with Gasteiger partial charge in [0.25, 0.3) is 0 Å². The van der Waals surface area contributed by atoms with Crippen molar-refractivity contribution in [2.24, 2.45) is 16.6 Å². The first-order valence-electron chi connectivity index (χ1n) is 6.63. The molecule has 0 saturated heterocycles. The molecule has 0 bridgehead atoms. The van der Waals surface area contributed by atoms with Crippen molar-refractivity contribution >= 4 is 11.5 Å². The van der Waals surface area contributed by atoms with Crippen LogP contribution in [0.4, 0.5) is 0 Å². The second-order valence-corrected chi connectivity index (χ2v) is 5.39. The van der Waals surface area contributed by atoms with Crippen LogP contribution in [-0.4, -0.2) is 30.5 Å². The van der Waals surface area contributed by atoms with E-state index in [0.29, 0.717) is 5.92 Å². The van der Waals surface area contributed by atoms with Crippen LogP contribution in [0.15, 0.2) is 28.9 Å². The summed E-state index contributed by atoms with van der Waals surface area (Å²) in [5.41, 5.74) is 6.68. The van der Waals surface area contributed by atoms with E-state index in [4.69, 9.17) is 5.73 Å². The van der Waals surface area contributed by atoms with Gasteiger partial charge in [-0.15, -0.1) is 0 Å². The van der Waals surface area contributed by atoms with Crippen molar-refractivity contribution in [2.45, 2.75) is 26.2 Å². The summed E-state index contributed by atoms with van der Waals surface area (Å²) in [6.45, 7) is 2.20. The maximum absolute atomic E-state index is 11.3. The third-order valence-electron chi connectivity index (χ3n) is 3.68. The van der Waals surface area contributed by atoms with Gasteiger partial charge in [0.15, 0.2) is 0 Å². The molecule has 1 unspecified atom stereocenters. The van der Waals surface area contributed by atoms with Gasteiger partial charge in [-0.25, -0.2) is 0 Å². The number of aliphatic imine (C=N–C) groups is 1. The fourth-order valence-electron chi connectivity index (χ4n) is 2.44. The molecule has 0 heterocycles. The van der Waals surface area contributed by atoms with Crippen molar-refractivity contribution in [3.8, 4) is 0 Å². The highest BCUT2D eigenvalue weighted by Crippen LogP contribution is 2.38. The Kier molecular flexibility index (Phi) is 4.20. The molecular weight excluding hydrogens is 238 g/mol. The Morgan fingerprint density at radius 1 is 1.32 bits per heavy atom. The van der Waals surface area contributed by atoms with Gasteiger partial charge in [0.1, 0.15) is 0 Å². The van der Waals surface area contributed by atoms with Gasteiger partial charge in [-0.3, -0.25) is 9.79 Å². The predicted molar refractivity (Wildman–Crippen MR) is 77.0 cm³/mol. The highest BCUT2D eigenvalue weighted by Gasteiger charge is 2.29. The first-order chi connectivity index (χ1) is 8.97. The molecule has 1 saturated carbocycles. The van der Waals surface area contributed by atoms with E-state index in [-0.39, 0.29) is 11.5 Å². The zero-order valence-corrected chi connectivity index (χ0v) is 11.8. The lowest BCUT2D eigenvalue weighted by atomic mass is 9.82. The normalized spacial score (nSPS) is 28.2. The summed E-state index contributed by atoms with van der Waals surface area (Å²) in [5, 5.41) is 0. The fraction of sp³-hybridized carbons (Fsp3) is 0.467. The summed E-state index contributed by atoms with van der Waals surface area (Å²) in [5.74, 6) is 0.308. The highest BCUT2D eigenvalue weighted by atomic mass is 16.1. The minimum absolute atomic E-state index is 0.135. The Balaban J connectivity index is 2.05. The minimum atomic E-state index is -0.135. The van der Waals surface area contributed by atoms with Crippen LogP contribution in [0.5, 0.6) is 0 Å².